The van der Waals surface area contributed by atoms with Crippen LogP contribution in [0.15, 0.2) is 57.0 Å². The van der Waals surface area contributed by atoms with Crippen molar-refractivity contribution in [3.63, 3.8) is 0 Å². The normalized spacial score (nSPS) is 17.5. The number of likely N-dealkylation sites (tertiary alicyclic amines) is 1. The lowest BCUT2D eigenvalue weighted by Gasteiger charge is -2.22. The zero-order valence-corrected chi connectivity index (χ0v) is 18.1. The lowest BCUT2D eigenvalue weighted by Crippen LogP contribution is -2.41. The quantitative estimate of drug-likeness (QED) is 0.461. The number of furan rings is 1. The number of rotatable bonds is 9. The number of nitrogens with zero attached hydrogens (tertiary/aromatic N) is 2. The lowest BCUT2D eigenvalue weighted by atomic mass is 10.1. The molecule has 1 aliphatic heterocycles. The van der Waals surface area contributed by atoms with Gasteiger partial charge in [0.2, 0.25) is 10.0 Å². The maximum atomic E-state index is 11.4. The van der Waals surface area contributed by atoms with E-state index < -0.39 is 10.0 Å². The molecule has 0 amide bonds. The summed E-state index contributed by atoms with van der Waals surface area (Å²) in [5, 5.41) is 8.61. The molecule has 0 spiro atoms. The Hall–Kier alpha value is -2.36. The van der Waals surface area contributed by atoms with E-state index in [1.807, 2.05) is 19.1 Å². The Morgan fingerprint density at radius 3 is 2.80 bits per heavy atom. The second-order valence-corrected chi connectivity index (χ2v) is 8.91. The van der Waals surface area contributed by atoms with Crippen molar-refractivity contribution in [2.75, 3.05) is 32.8 Å². The van der Waals surface area contributed by atoms with E-state index in [1.165, 1.54) is 12.1 Å². The number of primary sulfonamides is 1. The van der Waals surface area contributed by atoms with Crippen molar-refractivity contribution in [3.05, 3.63) is 54.0 Å². The van der Waals surface area contributed by atoms with Crippen molar-refractivity contribution in [2.24, 2.45) is 16.0 Å². The standard InChI is InChI=1S/C21H30N4O4S/c1-2-28-16-18-10-12-25(15-18)21(23-11-9-19-4-3-13-29-19)24-14-17-5-7-20(8-6-17)30(22,26)27/h3-8,13,18H,2,9-12,14-16H2,1H3,(H,23,24)(H2,22,26,27). The minimum Gasteiger partial charge on any atom is -0.469 e. The zero-order chi connectivity index (χ0) is 21.4. The molecule has 1 fully saturated rings. The molecular weight excluding hydrogens is 404 g/mol. The third kappa shape index (κ3) is 6.58. The molecule has 1 aromatic carbocycles. The summed E-state index contributed by atoms with van der Waals surface area (Å²) in [6, 6.07) is 10.3. The number of guanidine groups is 1. The first-order chi connectivity index (χ1) is 14.5. The van der Waals surface area contributed by atoms with Crippen molar-refractivity contribution < 1.29 is 17.6 Å². The second kappa shape index (κ2) is 10.6. The molecule has 0 saturated carbocycles. The van der Waals surface area contributed by atoms with Crippen molar-refractivity contribution in [1.29, 1.82) is 0 Å². The molecule has 0 bridgehead atoms. The van der Waals surface area contributed by atoms with E-state index in [0.717, 1.165) is 56.4 Å². The molecule has 8 nitrogen and oxygen atoms in total. The monoisotopic (exact) mass is 434 g/mol. The van der Waals surface area contributed by atoms with Crippen LogP contribution in [-0.4, -0.2) is 52.1 Å². The van der Waals surface area contributed by atoms with Gasteiger partial charge in [-0.25, -0.2) is 18.5 Å². The van der Waals surface area contributed by atoms with Crippen molar-refractivity contribution in [3.8, 4) is 0 Å². The highest BCUT2D eigenvalue weighted by Gasteiger charge is 2.25. The van der Waals surface area contributed by atoms with Crippen molar-refractivity contribution in [2.45, 2.75) is 31.2 Å². The Kier molecular flexibility index (Phi) is 7.89. The number of sulfonamides is 1. The van der Waals surface area contributed by atoms with Crippen LogP contribution < -0.4 is 10.5 Å². The summed E-state index contributed by atoms with van der Waals surface area (Å²) in [5.74, 6) is 2.27. The Morgan fingerprint density at radius 2 is 2.13 bits per heavy atom. The van der Waals surface area contributed by atoms with Gasteiger partial charge in [-0.15, -0.1) is 0 Å². The zero-order valence-electron chi connectivity index (χ0n) is 17.3. The van der Waals surface area contributed by atoms with Gasteiger partial charge in [-0.2, -0.15) is 0 Å². The minimum absolute atomic E-state index is 0.102. The molecule has 1 saturated heterocycles. The van der Waals surface area contributed by atoms with Crippen LogP contribution >= 0.6 is 0 Å². The highest BCUT2D eigenvalue weighted by molar-refractivity contribution is 7.89. The molecule has 1 unspecified atom stereocenters. The van der Waals surface area contributed by atoms with E-state index in [4.69, 9.17) is 19.3 Å². The third-order valence-electron chi connectivity index (χ3n) is 5.04. The summed E-state index contributed by atoms with van der Waals surface area (Å²) in [5.41, 5.74) is 0.915. The molecule has 1 aromatic heterocycles. The summed E-state index contributed by atoms with van der Waals surface area (Å²) in [7, 11) is -3.69. The SMILES string of the molecule is CCOCC1CCN(C(=NCc2ccc(S(N)(=O)=O)cc2)NCCc2ccco2)C1. The van der Waals surface area contributed by atoms with Gasteiger partial charge < -0.3 is 19.4 Å². The highest BCUT2D eigenvalue weighted by atomic mass is 32.2. The predicted molar refractivity (Wildman–Crippen MR) is 116 cm³/mol. The van der Waals surface area contributed by atoms with Crippen LogP contribution in [0, 0.1) is 5.92 Å². The molecule has 2 heterocycles. The van der Waals surface area contributed by atoms with Crippen LogP contribution in [0.1, 0.15) is 24.7 Å². The van der Waals surface area contributed by atoms with Gasteiger partial charge in [0.15, 0.2) is 5.96 Å². The van der Waals surface area contributed by atoms with Gasteiger partial charge in [-0.3, -0.25) is 0 Å². The van der Waals surface area contributed by atoms with Crippen LogP contribution in [0.3, 0.4) is 0 Å². The number of ether oxygens (including phenoxy) is 1. The molecule has 3 rings (SSSR count). The van der Waals surface area contributed by atoms with Crippen LogP contribution in [0.5, 0.6) is 0 Å². The van der Waals surface area contributed by atoms with Crippen LogP contribution in [0.4, 0.5) is 0 Å². The summed E-state index contributed by atoms with van der Waals surface area (Å²) in [6.07, 6.45) is 3.52. The van der Waals surface area contributed by atoms with E-state index >= 15 is 0 Å². The first-order valence-corrected chi connectivity index (χ1v) is 11.8. The fraction of sp³-hybridized carbons (Fsp3) is 0.476. The molecule has 1 aliphatic rings. The summed E-state index contributed by atoms with van der Waals surface area (Å²) in [6.45, 7) is 6.49. The van der Waals surface area contributed by atoms with Gasteiger partial charge in [-0.05, 0) is 43.2 Å². The van der Waals surface area contributed by atoms with Crippen LogP contribution in [0.2, 0.25) is 0 Å². The van der Waals surface area contributed by atoms with Crippen molar-refractivity contribution >= 4 is 16.0 Å². The summed E-state index contributed by atoms with van der Waals surface area (Å²) >= 11 is 0. The number of benzene rings is 1. The maximum absolute atomic E-state index is 11.4. The topological polar surface area (TPSA) is 110 Å². The molecule has 9 heteroatoms. The first-order valence-electron chi connectivity index (χ1n) is 10.2. The number of nitrogens with two attached hydrogens (primary N) is 1. The molecule has 164 valence electrons. The van der Waals surface area contributed by atoms with E-state index in [-0.39, 0.29) is 4.90 Å². The van der Waals surface area contributed by atoms with Gasteiger partial charge in [0.25, 0.3) is 0 Å². The van der Waals surface area contributed by atoms with Gasteiger partial charge >= 0.3 is 0 Å². The maximum Gasteiger partial charge on any atom is 0.238 e. The number of hydrogen-bond acceptors (Lipinski definition) is 5. The molecule has 2 aromatic rings. The van der Waals surface area contributed by atoms with E-state index in [0.29, 0.717) is 19.0 Å². The predicted octanol–water partition coefficient (Wildman–Crippen LogP) is 1.97. The Labute approximate surface area is 178 Å². The fourth-order valence-corrected chi connectivity index (χ4v) is 3.93. The largest absolute Gasteiger partial charge is 0.469 e. The molecule has 1 atom stereocenters. The number of aliphatic imine (C=N–C) groups is 1. The Balaban J connectivity index is 1.64. The van der Waals surface area contributed by atoms with Gasteiger partial charge in [0, 0.05) is 38.6 Å². The van der Waals surface area contributed by atoms with Crippen molar-refractivity contribution in [1.82, 2.24) is 10.2 Å². The first kappa shape index (κ1) is 22.3. The van der Waals surface area contributed by atoms with Gasteiger partial charge in [0.1, 0.15) is 5.76 Å². The van der Waals surface area contributed by atoms with Gasteiger partial charge in [-0.1, -0.05) is 12.1 Å². The van der Waals surface area contributed by atoms with Crippen LogP contribution in [-0.2, 0) is 27.7 Å². The molecule has 3 N–H and O–H groups in total. The Morgan fingerprint density at radius 1 is 1.33 bits per heavy atom. The van der Waals surface area contributed by atoms with Crippen LogP contribution in [0.25, 0.3) is 0 Å². The summed E-state index contributed by atoms with van der Waals surface area (Å²) in [4.78, 5) is 7.14. The number of hydrogen-bond donors (Lipinski definition) is 2. The van der Waals surface area contributed by atoms with E-state index in [2.05, 4.69) is 10.2 Å². The third-order valence-corrected chi connectivity index (χ3v) is 5.97. The highest BCUT2D eigenvalue weighted by Crippen LogP contribution is 2.17. The van der Waals surface area contributed by atoms with E-state index in [1.54, 1.807) is 18.4 Å². The van der Waals surface area contributed by atoms with E-state index in [9.17, 15) is 8.42 Å². The van der Waals surface area contributed by atoms with Gasteiger partial charge in [0.05, 0.1) is 24.3 Å². The molecular formula is C21H30N4O4S. The second-order valence-electron chi connectivity index (χ2n) is 7.35. The molecule has 0 aliphatic carbocycles. The fourth-order valence-electron chi connectivity index (χ4n) is 3.42. The average molecular weight is 435 g/mol. The minimum atomic E-state index is -3.69. The lowest BCUT2D eigenvalue weighted by molar-refractivity contribution is 0.114. The smallest absolute Gasteiger partial charge is 0.238 e. The number of nitrogens with one attached hydrogen (secondary N) is 1. The average Bonchev–Trinajstić information content (AvgIpc) is 3.41. The molecule has 0 radical (unpaired) electrons. The summed E-state index contributed by atoms with van der Waals surface area (Å²) < 4.78 is 33.8. The Bertz CT molecular complexity index is 911. The molecule has 30 heavy (non-hydrogen) atoms.